The minimum Gasteiger partial charge on any atom is -0.462 e. The highest BCUT2D eigenvalue weighted by atomic mass is 16.6. The van der Waals surface area contributed by atoms with Gasteiger partial charge in [-0.25, -0.2) is 0 Å². The molecule has 0 saturated heterocycles. The number of unbranched alkanes of at least 4 members (excludes halogenated alkanes) is 29. The number of allylic oxidation sites excluding steroid dienone is 14. The zero-order valence-corrected chi connectivity index (χ0v) is 46.7. The lowest BCUT2D eigenvalue weighted by Gasteiger charge is -2.18. The van der Waals surface area contributed by atoms with Gasteiger partial charge in [-0.1, -0.05) is 241 Å². The van der Waals surface area contributed by atoms with E-state index in [1.165, 1.54) is 141 Å². The molecule has 1 atom stereocenters. The second kappa shape index (κ2) is 59.2. The maximum atomic E-state index is 12.8. The molecule has 0 rings (SSSR count). The van der Waals surface area contributed by atoms with Crippen LogP contribution in [0.15, 0.2) is 85.1 Å². The molecule has 0 fully saturated rings. The third-order valence-corrected chi connectivity index (χ3v) is 12.9. The van der Waals surface area contributed by atoms with E-state index in [2.05, 4.69) is 106 Å². The Bertz CT molecular complexity index is 1370. The van der Waals surface area contributed by atoms with Crippen LogP contribution in [0.4, 0.5) is 0 Å². The van der Waals surface area contributed by atoms with Crippen molar-refractivity contribution in [1.29, 1.82) is 0 Å². The van der Waals surface area contributed by atoms with E-state index >= 15 is 0 Å². The van der Waals surface area contributed by atoms with Gasteiger partial charge in [0.2, 0.25) is 0 Å². The third-order valence-electron chi connectivity index (χ3n) is 12.9. The second-order valence-electron chi connectivity index (χ2n) is 19.9. The summed E-state index contributed by atoms with van der Waals surface area (Å²) < 4.78 is 16.8. The van der Waals surface area contributed by atoms with E-state index in [1.54, 1.807) is 0 Å². The summed E-state index contributed by atoms with van der Waals surface area (Å²) in [7, 11) is 0. The van der Waals surface area contributed by atoms with Crippen LogP contribution in [-0.4, -0.2) is 37.2 Å². The zero-order chi connectivity index (χ0) is 51.4. The molecular formula is C65H112O6. The standard InChI is InChI=1S/C65H112O6/c1-4-7-10-13-16-19-22-25-27-28-29-30-31-32-33-34-35-36-38-40-43-46-49-52-55-58-64(67)70-61-62(60-69-63(66)57-54-51-48-45-42-39-24-21-18-15-12-9-6-3)71-65(68)59-56-53-50-47-44-41-37-26-23-20-17-14-11-8-5-2/h9,12,18,21-22,25-26,28-29,31-32,37,39,42,62H,4-8,10-11,13-17,19-20,23-24,27,30,33-36,38,40-41,43-61H2,1-3H3/b12-9-,21-18-,25-22-,29-28-,32-31-,37-26-,42-39-. The second-order valence-corrected chi connectivity index (χ2v) is 19.9. The van der Waals surface area contributed by atoms with E-state index in [-0.39, 0.29) is 31.1 Å². The van der Waals surface area contributed by atoms with E-state index in [0.29, 0.717) is 19.3 Å². The Morgan fingerprint density at radius 2 is 0.549 bits per heavy atom. The summed E-state index contributed by atoms with van der Waals surface area (Å²) in [6.45, 7) is 6.49. The zero-order valence-electron chi connectivity index (χ0n) is 46.7. The van der Waals surface area contributed by atoms with Crippen molar-refractivity contribution in [2.24, 2.45) is 0 Å². The molecule has 408 valence electrons. The number of esters is 3. The number of ether oxygens (including phenoxy) is 3. The van der Waals surface area contributed by atoms with Crippen molar-refractivity contribution in [2.75, 3.05) is 13.2 Å². The molecule has 0 saturated carbocycles. The Morgan fingerprint density at radius 1 is 0.296 bits per heavy atom. The monoisotopic (exact) mass is 989 g/mol. The molecule has 0 aromatic heterocycles. The fraction of sp³-hybridized carbons (Fsp3) is 0.738. The smallest absolute Gasteiger partial charge is 0.306 e. The summed E-state index contributed by atoms with van der Waals surface area (Å²) >= 11 is 0. The Labute approximate surface area is 439 Å². The lowest BCUT2D eigenvalue weighted by atomic mass is 10.1. The van der Waals surface area contributed by atoms with Crippen molar-refractivity contribution in [3.05, 3.63) is 85.1 Å². The molecule has 0 aliphatic rings. The molecule has 0 aliphatic heterocycles. The minimum absolute atomic E-state index is 0.0910. The van der Waals surface area contributed by atoms with Crippen LogP contribution >= 0.6 is 0 Å². The molecule has 0 heterocycles. The van der Waals surface area contributed by atoms with Gasteiger partial charge in [0.15, 0.2) is 6.10 Å². The predicted octanol–water partition coefficient (Wildman–Crippen LogP) is 20.3. The first-order chi connectivity index (χ1) is 35.0. The van der Waals surface area contributed by atoms with Crippen LogP contribution in [0.2, 0.25) is 0 Å². The largest absolute Gasteiger partial charge is 0.462 e. The van der Waals surface area contributed by atoms with Crippen molar-refractivity contribution in [3.8, 4) is 0 Å². The van der Waals surface area contributed by atoms with Crippen LogP contribution in [0.25, 0.3) is 0 Å². The number of carbonyl (C=O) groups is 3. The molecule has 0 aromatic carbocycles. The third kappa shape index (κ3) is 57.4. The summed E-state index contributed by atoms with van der Waals surface area (Å²) in [4.78, 5) is 38.2. The molecule has 0 amide bonds. The van der Waals surface area contributed by atoms with Crippen LogP contribution in [0.1, 0.15) is 290 Å². The number of rotatable bonds is 54. The molecule has 0 bridgehead atoms. The summed E-state index contributed by atoms with van der Waals surface area (Å²) in [5, 5.41) is 0. The van der Waals surface area contributed by atoms with E-state index in [1.807, 2.05) is 0 Å². The van der Waals surface area contributed by atoms with Gasteiger partial charge in [-0.3, -0.25) is 14.4 Å². The Balaban J connectivity index is 4.33. The van der Waals surface area contributed by atoms with Crippen LogP contribution in [0.5, 0.6) is 0 Å². The lowest BCUT2D eigenvalue weighted by Crippen LogP contribution is -2.30. The maximum absolute atomic E-state index is 12.8. The predicted molar refractivity (Wildman–Crippen MR) is 307 cm³/mol. The van der Waals surface area contributed by atoms with Gasteiger partial charge < -0.3 is 14.2 Å². The first-order valence-electron chi connectivity index (χ1n) is 30.1. The van der Waals surface area contributed by atoms with Crippen molar-refractivity contribution in [3.63, 3.8) is 0 Å². The molecule has 0 spiro atoms. The topological polar surface area (TPSA) is 78.9 Å². The molecule has 0 N–H and O–H groups in total. The minimum atomic E-state index is -0.795. The SMILES string of the molecule is CC/C=C\C/C=C\C/C=C\CCCCCC(=O)OCC(COC(=O)CCCCCCCCCCCC/C=C\C/C=C\C/C=C\CCCCCCC)OC(=O)CCCCCCC/C=C\CCCCCCCC. The molecule has 71 heavy (non-hydrogen) atoms. The van der Waals surface area contributed by atoms with E-state index in [4.69, 9.17) is 14.2 Å². The fourth-order valence-electron chi connectivity index (χ4n) is 8.34. The van der Waals surface area contributed by atoms with Gasteiger partial charge in [-0.05, 0) is 116 Å². The average Bonchev–Trinajstić information content (AvgIpc) is 3.37. The van der Waals surface area contributed by atoms with Gasteiger partial charge in [0.1, 0.15) is 13.2 Å². The highest BCUT2D eigenvalue weighted by molar-refractivity contribution is 5.71. The van der Waals surface area contributed by atoms with Crippen LogP contribution in [0, 0.1) is 0 Å². The summed E-state index contributed by atoms with van der Waals surface area (Å²) in [6.07, 6.45) is 77.3. The number of hydrogen-bond donors (Lipinski definition) is 0. The molecule has 6 nitrogen and oxygen atoms in total. The van der Waals surface area contributed by atoms with E-state index in [0.717, 1.165) is 109 Å². The van der Waals surface area contributed by atoms with Crippen LogP contribution in [0.3, 0.4) is 0 Å². The fourth-order valence-corrected chi connectivity index (χ4v) is 8.34. The van der Waals surface area contributed by atoms with Crippen molar-refractivity contribution < 1.29 is 28.6 Å². The number of carbonyl (C=O) groups excluding carboxylic acids is 3. The molecule has 0 aliphatic carbocycles. The van der Waals surface area contributed by atoms with Crippen molar-refractivity contribution >= 4 is 17.9 Å². The maximum Gasteiger partial charge on any atom is 0.306 e. The van der Waals surface area contributed by atoms with Gasteiger partial charge >= 0.3 is 17.9 Å². The van der Waals surface area contributed by atoms with Gasteiger partial charge in [-0.2, -0.15) is 0 Å². The first kappa shape index (κ1) is 67.6. The van der Waals surface area contributed by atoms with Gasteiger partial charge in [0, 0.05) is 19.3 Å². The Morgan fingerprint density at radius 3 is 0.887 bits per heavy atom. The summed E-state index contributed by atoms with van der Waals surface area (Å²) in [5.74, 6) is -0.927. The van der Waals surface area contributed by atoms with E-state index < -0.39 is 6.10 Å². The Kier molecular flexibility index (Phi) is 56.3. The summed E-state index contributed by atoms with van der Waals surface area (Å²) in [6, 6.07) is 0. The highest BCUT2D eigenvalue weighted by Gasteiger charge is 2.19. The van der Waals surface area contributed by atoms with Gasteiger partial charge in [-0.15, -0.1) is 0 Å². The average molecular weight is 990 g/mol. The van der Waals surface area contributed by atoms with Crippen molar-refractivity contribution in [2.45, 2.75) is 297 Å². The molecule has 0 aromatic rings. The first-order valence-corrected chi connectivity index (χ1v) is 30.1. The molecule has 1 unspecified atom stereocenters. The van der Waals surface area contributed by atoms with Gasteiger partial charge in [0.25, 0.3) is 0 Å². The highest BCUT2D eigenvalue weighted by Crippen LogP contribution is 2.15. The Hall–Kier alpha value is -3.41. The van der Waals surface area contributed by atoms with Gasteiger partial charge in [0.05, 0.1) is 0 Å². The molecule has 0 radical (unpaired) electrons. The normalized spacial score (nSPS) is 12.7. The molecular weight excluding hydrogens is 877 g/mol. The van der Waals surface area contributed by atoms with Crippen molar-refractivity contribution in [1.82, 2.24) is 0 Å². The lowest BCUT2D eigenvalue weighted by molar-refractivity contribution is -0.167. The van der Waals surface area contributed by atoms with Crippen LogP contribution in [-0.2, 0) is 28.6 Å². The van der Waals surface area contributed by atoms with Crippen LogP contribution < -0.4 is 0 Å². The quantitative estimate of drug-likeness (QED) is 0.0261. The molecule has 6 heteroatoms. The number of hydrogen-bond acceptors (Lipinski definition) is 6. The van der Waals surface area contributed by atoms with E-state index in [9.17, 15) is 14.4 Å². The summed E-state index contributed by atoms with van der Waals surface area (Å²) in [5.41, 5.74) is 0.